The maximum atomic E-state index is 12.4. The number of aromatic nitrogens is 2. The quantitative estimate of drug-likeness (QED) is 0.525. The van der Waals surface area contributed by atoms with Gasteiger partial charge in [-0.25, -0.2) is 9.36 Å². The zero-order valence-electron chi connectivity index (χ0n) is 15.8. The Balaban J connectivity index is 1.88. The molecule has 1 heterocycles. The average molecular weight is 385 g/mol. The Morgan fingerprint density at radius 3 is 2.55 bits per heavy atom. The molecule has 0 saturated heterocycles. The van der Waals surface area contributed by atoms with Crippen LogP contribution in [0.5, 0.6) is 5.88 Å². The molecule has 0 amide bonds. The van der Waals surface area contributed by atoms with E-state index >= 15 is 0 Å². The molecule has 2 N–H and O–H groups in total. The minimum absolute atomic E-state index is 0.0801. The fraction of sp³-hybridized carbons (Fsp3) is 0.0870. The van der Waals surface area contributed by atoms with Crippen LogP contribution in [0, 0.1) is 0 Å². The van der Waals surface area contributed by atoms with Gasteiger partial charge in [0.25, 0.3) is 5.56 Å². The predicted molar refractivity (Wildman–Crippen MR) is 115 cm³/mol. The van der Waals surface area contributed by atoms with Crippen molar-refractivity contribution in [3.8, 4) is 11.6 Å². The number of aliphatic imine (C=N–C) groups is 1. The molecule has 1 aromatic heterocycles. The van der Waals surface area contributed by atoms with Gasteiger partial charge in [0.15, 0.2) is 0 Å². The van der Waals surface area contributed by atoms with Crippen LogP contribution in [0.3, 0.4) is 0 Å². The second-order valence-corrected chi connectivity index (χ2v) is 6.57. The van der Waals surface area contributed by atoms with Crippen LogP contribution in [0.2, 0.25) is 0 Å². The van der Waals surface area contributed by atoms with Gasteiger partial charge in [0.05, 0.1) is 11.4 Å². The highest BCUT2D eigenvalue weighted by atomic mass is 16.3. The highest BCUT2D eigenvalue weighted by Gasteiger charge is 2.16. The van der Waals surface area contributed by atoms with E-state index in [0.29, 0.717) is 17.8 Å². The van der Waals surface area contributed by atoms with E-state index in [2.05, 4.69) is 9.98 Å². The highest BCUT2D eigenvalue weighted by Crippen LogP contribution is 2.26. The number of hydrogen-bond donors (Lipinski definition) is 2. The molecule has 0 bridgehead atoms. The fourth-order valence-corrected chi connectivity index (χ4v) is 3.36. The standard InChI is InChI=1S/C23H19N3O3/c1-2-15-8-4-6-13-20(15)26-22(28)18(21(27)25-23(26)29)14-24-19-12-7-10-16-9-3-5-11-17(16)19/h3-14,28H,2H2,1H3,(H,25,27,29). The zero-order chi connectivity index (χ0) is 20.4. The normalized spacial score (nSPS) is 11.3. The number of rotatable bonds is 4. The minimum Gasteiger partial charge on any atom is -0.493 e. The third kappa shape index (κ3) is 3.36. The van der Waals surface area contributed by atoms with Crippen molar-refractivity contribution in [1.29, 1.82) is 0 Å². The average Bonchev–Trinajstić information content (AvgIpc) is 2.74. The van der Waals surface area contributed by atoms with Crippen molar-refractivity contribution in [2.75, 3.05) is 0 Å². The molecule has 4 aromatic rings. The Hall–Kier alpha value is -3.93. The van der Waals surface area contributed by atoms with Crippen LogP contribution in [-0.2, 0) is 6.42 Å². The van der Waals surface area contributed by atoms with Crippen LogP contribution in [0.15, 0.2) is 81.3 Å². The van der Waals surface area contributed by atoms with Gasteiger partial charge in [0.2, 0.25) is 5.88 Å². The summed E-state index contributed by atoms with van der Waals surface area (Å²) in [5.41, 5.74) is 0.580. The van der Waals surface area contributed by atoms with Gasteiger partial charge < -0.3 is 5.11 Å². The van der Waals surface area contributed by atoms with Crippen molar-refractivity contribution < 1.29 is 5.11 Å². The van der Waals surface area contributed by atoms with Gasteiger partial charge in [-0.2, -0.15) is 0 Å². The van der Waals surface area contributed by atoms with E-state index in [4.69, 9.17) is 0 Å². The van der Waals surface area contributed by atoms with Crippen LogP contribution in [0.1, 0.15) is 18.1 Å². The summed E-state index contributed by atoms with van der Waals surface area (Å²) in [5, 5.41) is 12.7. The first kappa shape index (κ1) is 18.4. The van der Waals surface area contributed by atoms with Crippen molar-refractivity contribution in [2.45, 2.75) is 13.3 Å². The number of aromatic amines is 1. The third-order valence-electron chi connectivity index (χ3n) is 4.83. The molecule has 0 spiro atoms. The molecule has 0 unspecified atom stereocenters. The maximum Gasteiger partial charge on any atom is 0.335 e. The molecule has 6 nitrogen and oxygen atoms in total. The number of aryl methyl sites for hydroxylation is 1. The van der Waals surface area contributed by atoms with Gasteiger partial charge in [-0.1, -0.05) is 61.5 Å². The van der Waals surface area contributed by atoms with Crippen molar-refractivity contribution in [2.24, 2.45) is 4.99 Å². The molecule has 4 rings (SSSR count). The Kier molecular flexibility index (Phi) is 4.83. The van der Waals surface area contributed by atoms with Gasteiger partial charge in [0.1, 0.15) is 5.56 Å². The van der Waals surface area contributed by atoms with E-state index in [1.54, 1.807) is 12.1 Å². The van der Waals surface area contributed by atoms with E-state index in [0.717, 1.165) is 20.9 Å². The second kappa shape index (κ2) is 7.59. The van der Waals surface area contributed by atoms with Gasteiger partial charge in [0, 0.05) is 11.6 Å². The molecule has 0 aliphatic rings. The van der Waals surface area contributed by atoms with E-state index < -0.39 is 17.1 Å². The summed E-state index contributed by atoms with van der Waals surface area (Å²) in [6, 6.07) is 20.7. The molecular weight excluding hydrogens is 366 g/mol. The molecule has 6 heteroatoms. The SMILES string of the molecule is CCc1ccccc1-n1c(O)c(C=Nc2cccc3ccccc23)c(=O)[nH]c1=O. The van der Waals surface area contributed by atoms with Gasteiger partial charge >= 0.3 is 5.69 Å². The fourth-order valence-electron chi connectivity index (χ4n) is 3.36. The minimum atomic E-state index is -0.698. The van der Waals surface area contributed by atoms with Crippen LogP contribution in [0.4, 0.5) is 5.69 Å². The summed E-state index contributed by atoms with van der Waals surface area (Å²) in [6.07, 6.45) is 1.96. The molecule has 0 aliphatic carbocycles. The highest BCUT2D eigenvalue weighted by molar-refractivity contribution is 5.95. The molecule has 144 valence electrons. The van der Waals surface area contributed by atoms with E-state index in [-0.39, 0.29) is 5.56 Å². The number of H-pyrrole nitrogens is 1. The van der Waals surface area contributed by atoms with Crippen LogP contribution < -0.4 is 11.2 Å². The Bertz CT molecular complexity index is 1340. The van der Waals surface area contributed by atoms with Crippen molar-refractivity contribution in [3.05, 3.63) is 98.7 Å². The number of benzene rings is 3. The summed E-state index contributed by atoms with van der Waals surface area (Å²) < 4.78 is 1.10. The van der Waals surface area contributed by atoms with Gasteiger partial charge in [-0.3, -0.25) is 14.8 Å². The lowest BCUT2D eigenvalue weighted by molar-refractivity contribution is 0.429. The molecule has 0 aliphatic heterocycles. The summed E-state index contributed by atoms with van der Waals surface area (Å²) >= 11 is 0. The summed E-state index contributed by atoms with van der Waals surface area (Å²) in [7, 11) is 0. The zero-order valence-corrected chi connectivity index (χ0v) is 15.8. The lowest BCUT2D eigenvalue weighted by Crippen LogP contribution is -2.31. The maximum absolute atomic E-state index is 12.4. The number of nitrogens with one attached hydrogen (secondary N) is 1. The number of nitrogens with zero attached hydrogens (tertiary/aromatic N) is 2. The van der Waals surface area contributed by atoms with Crippen molar-refractivity contribution in [3.63, 3.8) is 0 Å². The largest absolute Gasteiger partial charge is 0.493 e. The molecule has 3 aromatic carbocycles. The Morgan fingerprint density at radius 2 is 1.72 bits per heavy atom. The number of para-hydroxylation sites is 1. The predicted octanol–water partition coefficient (Wildman–Crippen LogP) is 3.70. The number of hydrogen-bond acceptors (Lipinski definition) is 4. The number of fused-ring (bicyclic) bond motifs is 1. The first-order chi connectivity index (χ1) is 14.1. The molecule has 0 saturated carbocycles. The van der Waals surface area contributed by atoms with Gasteiger partial charge in [-0.15, -0.1) is 0 Å². The van der Waals surface area contributed by atoms with E-state index in [9.17, 15) is 14.7 Å². The third-order valence-corrected chi connectivity index (χ3v) is 4.83. The first-order valence-corrected chi connectivity index (χ1v) is 9.28. The molecular formula is C23H19N3O3. The summed E-state index contributed by atoms with van der Waals surface area (Å²) in [4.78, 5) is 31.5. The van der Waals surface area contributed by atoms with Crippen molar-refractivity contribution >= 4 is 22.7 Å². The van der Waals surface area contributed by atoms with Crippen LogP contribution >= 0.6 is 0 Å². The van der Waals surface area contributed by atoms with Crippen LogP contribution in [-0.4, -0.2) is 20.9 Å². The first-order valence-electron chi connectivity index (χ1n) is 9.28. The molecule has 0 atom stereocenters. The lowest BCUT2D eigenvalue weighted by atomic mass is 10.1. The monoisotopic (exact) mass is 385 g/mol. The Labute approximate surface area is 166 Å². The smallest absolute Gasteiger partial charge is 0.335 e. The Morgan fingerprint density at radius 1 is 1.00 bits per heavy atom. The summed E-state index contributed by atoms with van der Waals surface area (Å²) in [6.45, 7) is 1.95. The lowest BCUT2D eigenvalue weighted by Gasteiger charge is -2.13. The molecule has 0 fully saturated rings. The topological polar surface area (TPSA) is 87.4 Å². The van der Waals surface area contributed by atoms with E-state index in [1.165, 1.54) is 6.21 Å². The van der Waals surface area contributed by atoms with Crippen LogP contribution in [0.25, 0.3) is 16.5 Å². The summed E-state index contributed by atoms with van der Waals surface area (Å²) in [5.74, 6) is -0.441. The number of aromatic hydroxyl groups is 1. The molecule has 0 radical (unpaired) electrons. The molecule has 29 heavy (non-hydrogen) atoms. The van der Waals surface area contributed by atoms with Crippen molar-refractivity contribution in [1.82, 2.24) is 9.55 Å². The van der Waals surface area contributed by atoms with E-state index in [1.807, 2.05) is 61.5 Å². The van der Waals surface area contributed by atoms with Gasteiger partial charge in [-0.05, 0) is 29.5 Å². The second-order valence-electron chi connectivity index (χ2n) is 6.57.